The van der Waals surface area contributed by atoms with Gasteiger partial charge < -0.3 is 15.0 Å². The lowest BCUT2D eigenvalue weighted by Crippen LogP contribution is -2.28. The van der Waals surface area contributed by atoms with E-state index in [0.29, 0.717) is 29.5 Å². The van der Waals surface area contributed by atoms with Crippen LogP contribution in [0.1, 0.15) is 12.0 Å². The second-order valence-corrected chi connectivity index (χ2v) is 8.17. The van der Waals surface area contributed by atoms with Crippen LogP contribution >= 0.6 is 0 Å². The van der Waals surface area contributed by atoms with Crippen LogP contribution < -0.4 is 15.0 Å². The van der Waals surface area contributed by atoms with Crippen molar-refractivity contribution in [2.75, 3.05) is 23.9 Å². The number of carbonyl (C=O) groups excluding carboxylic acids is 2. The standard InChI is InChI=1S/C26H24N4O3/c1-17-11-12-21(33-2)20(14-17)30-16-19(15-23(30)31)26(32)28-25-24(18-8-4-3-5-9-18)27-22-10-6-7-13-29(22)25/h3-14,19H,15-16H2,1-2H3,(H,28,32). The van der Waals surface area contributed by atoms with E-state index in [-0.39, 0.29) is 18.2 Å². The van der Waals surface area contributed by atoms with Gasteiger partial charge in [-0.15, -0.1) is 0 Å². The van der Waals surface area contributed by atoms with Gasteiger partial charge in [-0.3, -0.25) is 14.0 Å². The van der Waals surface area contributed by atoms with Gasteiger partial charge in [0, 0.05) is 24.7 Å². The van der Waals surface area contributed by atoms with Crippen molar-refractivity contribution in [1.29, 1.82) is 0 Å². The number of rotatable bonds is 5. The number of hydrogen-bond acceptors (Lipinski definition) is 4. The molecule has 0 spiro atoms. The molecule has 0 bridgehead atoms. The number of ether oxygens (including phenoxy) is 1. The van der Waals surface area contributed by atoms with E-state index in [0.717, 1.165) is 16.8 Å². The van der Waals surface area contributed by atoms with E-state index in [1.54, 1.807) is 12.0 Å². The Morgan fingerprint density at radius 3 is 2.67 bits per heavy atom. The molecule has 3 heterocycles. The zero-order valence-corrected chi connectivity index (χ0v) is 18.5. The van der Waals surface area contributed by atoms with Crippen LogP contribution in [0.3, 0.4) is 0 Å². The topological polar surface area (TPSA) is 75.9 Å². The molecule has 2 aromatic heterocycles. The first-order valence-corrected chi connectivity index (χ1v) is 10.8. The van der Waals surface area contributed by atoms with Crippen molar-refractivity contribution in [3.8, 4) is 17.0 Å². The lowest BCUT2D eigenvalue weighted by Gasteiger charge is -2.20. The number of methoxy groups -OCH3 is 1. The van der Waals surface area contributed by atoms with Crippen molar-refractivity contribution >= 4 is 29.0 Å². The summed E-state index contributed by atoms with van der Waals surface area (Å²) in [5.41, 5.74) is 4.05. The maximum Gasteiger partial charge on any atom is 0.230 e. The Bertz CT molecular complexity index is 1350. The first kappa shape index (κ1) is 20.8. The fraction of sp³-hybridized carbons (Fsp3) is 0.192. The van der Waals surface area contributed by atoms with Crippen LogP contribution in [-0.4, -0.2) is 34.9 Å². The predicted octanol–water partition coefficient (Wildman–Crippen LogP) is 4.31. The minimum Gasteiger partial charge on any atom is -0.495 e. The normalized spacial score (nSPS) is 15.8. The van der Waals surface area contributed by atoms with E-state index in [2.05, 4.69) is 5.32 Å². The van der Waals surface area contributed by atoms with Crippen molar-refractivity contribution in [1.82, 2.24) is 9.38 Å². The lowest BCUT2D eigenvalue weighted by molar-refractivity contribution is -0.122. The zero-order valence-electron chi connectivity index (χ0n) is 18.5. The molecule has 0 radical (unpaired) electrons. The van der Waals surface area contributed by atoms with Gasteiger partial charge in [0.25, 0.3) is 0 Å². The molecule has 0 aliphatic carbocycles. The largest absolute Gasteiger partial charge is 0.495 e. The van der Waals surface area contributed by atoms with Gasteiger partial charge in [0.1, 0.15) is 22.9 Å². The summed E-state index contributed by atoms with van der Waals surface area (Å²) in [4.78, 5) is 32.5. The molecule has 7 heteroatoms. The quantitative estimate of drug-likeness (QED) is 0.502. The van der Waals surface area contributed by atoms with Gasteiger partial charge in [0.15, 0.2) is 0 Å². The highest BCUT2D eigenvalue weighted by Gasteiger charge is 2.37. The average Bonchev–Trinajstić information content (AvgIpc) is 3.40. The summed E-state index contributed by atoms with van der Waals surface area (Å²) in [7, 11) is 1.58. The number of pyridine rings is 1. The molecule has 1 atom stereocenters. The number of benzene rings is 2. The second kappa shape index (κ2) is 8.43. The molecule has 7 nitrogen and oxygen atoms in total. The van der Waals surface area contributed by atoms with Crippen LogP contribution in [0.5, 0.6) is 5.75 Å². The molecule has 1 N–H and O–H groups in total. The van der Waals surface area contributed by atoms with Crippen molar-refractivity contribution in [2.24, 2.45) is 5.92 Å². The van der Waals surface area contributed by atoms with Crippen LogP contribution in [0.25, 0.3) is 16.9 Å². The number of aryl methyl sites for hydroxylation is 1. The maximum atomic E-state index is 13.3. The van der Waals surface area contributed by atoms with Gasteiger partial charge in [0.2, 0.25) is 11.8 Å². The third-order valence-electron chi connectivity index (χ3n) is 5.94. The monoisotopic (exact) mass is 440 g/mol. The zero-order chi connectivity index (χ0) is 22.9. The van der Waals surface area contributed by atoms with E-state index in [1.807, 2.05) is 84.3 Å². The molecular weight excluding hydrogens is 416 g/mol. The van der Waals surface area contributed by atoms with Gasteiger partial charge in [-0.05, 0) is 36.8 Å². The van der Waals surface area contributed by atoms with Gasteiger partial charge in [-0.25, -0.2) is 4.98 Å². The molecule has 4 aromatic rings. The van der Waals surface area contributed by atoms with Crippen molar-refractivity contribution in [3.05, 3.63) is 78.5 Å². The molecule has 1 aliphatic heterocycles. The number of fused-ring (bicyclic) bond motifs is 1. The van der Waals surface area contributed by atoms with Gasteiger partial charge >= 0.3 is 0 Å². The number of aromatic nitrogens is 2. The first-order chi connectivity index (χ1) is 16.0. The summed E-state index contributed by atoms with van der Waals surface area (Å²) in [6.45, 7) is 2.26. The molecule has 2 aromatic carbocycles. The average molecular weight is 441 g/mol. The molecule has 2 amide bonds. The highest BCUT2D eigenvalue weighted by atomic mass is 16.5. The summed E-state index contributed by atoms with van der Waals surface area (Å²) in [5, 5.41) is 3.06. The first-order valence-electron chi connectivity index (χ1n) is 10.8. The number of nitrogens with one attached hydrogen (secondary N) is 1. The SMILES string of the molecule is COc1ccc(C)cc1N1CC(C(=O)Nc2c(-c3ccccc3)nc3ccccn23)CC1=O. The molecule has 5 rings (SSSR count). The predicted molar refractivity (Wildman–Crippen MR) is 127 cm³/mol. The van der Waals surface area contributed by atoms with Gasteiger partial charge in [-0.1, -0.05) is 42.5 Å². The third-order valence-corrected chi connectivity index (χ3v) is 5.94. The molecule has 166 valence electrons. The minimum atomic E-state index is -0.486. The number of carbonyl (C=O) groups is 2. The molecule has 1 unspecified atom stereocenters. The number of hydrogen-bond donors (Lipinski definition) is 1. The molecule has 1 saturated heterocycles. The van der Waals surface area contributed by atoms with Crippen molar-refractivity contribution in [3.63, 3.8) is 0 Å². The van der Waals surface area contributed by atoms with Crippen molar-refractivity contribution in [2.45, 2.75) is 13.3 Å². The Labute approximate surface area is 191 Å². The molecule has 0 saturated carbocycles. The molecule has 33 heavy (non-hydrogen) atoms. The molecule has 1 fully saturated rings. The second-order valence-electron chi connectivity index (χ2n) is 8.17. The Morgan fingerprint density at radius 1 is 1.09 bits per heavy atom. The minimum absolute atomic E-state index is 0.0968. The summed E-state index contributed by atoms with van der Waals surface area (Å²) in [5.74, 6) is 0.422. The van der Waals surface area contributed by atoms with Crippen LogP contribution in [0.4, 0.5) is 11.5 Å². The number of anilines is 2. The van der Waals surface area contributed by atoms with E-state index in [1.165, 1.54) is 0 Å². The lowest BCUT2D eigenvalue weighted by atomic mass is 10.1. The summed E-state index contributed by atoms with van der Waals surface area (Å²) in [6.07, 6.45) is 2.01. The smallest absolute Gasteiger partial charge is 0.230 e. The Hall–Kier alpha value is -4.13. The van der Waals surface area contributed by atoms with Crippen molar-refractivity contribution < 1.29 is 14.3 Å². The summed E-state index contributed by atoms with van der Waals surface area (Å²) in [6, 6.07) is 21.1. The Morgan fingerprint density at radius 2 is 1.88 bits per heavy atom. The Balaban J connectivity index is 1.44. The van der Waals surface area contributed by atoms with Crippen LogP contribution in [0, 0.1) is 12.8 Å². The van der Waals surface area contributed by atoms with E-state index >= 15 is 0 Å². The fourth-order valence-corrected chi connectivity index (χ4v) is 4.26. The van der Waals surface area contributed by atoms with E-state index in [9.17, 15) is 9.59 Å². The fourth-order valence-electron chi connectivity index (χ4n) is 4.26. The van der Waals surface area contributed by atoms with E-state index in [4.69, 9.17) is 9.72 Å². The molecule has 1 aliphatic rings. The number of amides is 2. The number of nitrogens with zero attached hydrogens (tertiary/aromatic N) is 3. The van der Waals surface area contributed by atoms with Crippen LogP contribution in [0.15, 0.2) is 72.9 Å². The van der Waals surface area contributed by atoms with Gasteiger partial charge in [-0.2, -0.15) is 0 Å². The third kappa shape index (κ3) is 3.82. The van der Waals surface area contributed by atoms with Gasteiger partial charge in [0.05, 0.1) is 18.7 Å². The van der Waals surface area contributed by atoms with E-state index < -0.39 is 5.92 Å². The highest BCUT2D eigenvalue weighted by Crippen LogP contribution is 2.35. The van der Waals surface area contributed by atoms with Crippen LogP contribution in [0.2, 0.25) is 0 Å². The maximum absolute atomic E-state index is 13.3. The Kier molecular flexibility index (Phi) is 5.30. The highest BCUT2D eigenvalue weighted by molar-refractivity contribution is 6.05. The molecular formula is C26H24N4O3. The summed E-state index contributed by atoms with van der Waals surface area (Å²) >= 11 is 0. The summed E-state index contributed by atoms with van der Waals surface area (Å²) < 4.78 is 7.31. The van der Waals surface area contributed by atoms with Crippen LogP contribution in [-0.2, 0) is 9.59 Å². The number of imidazole rings is 1.